The minimum atomic E-state index is -0.788. The third kappa shape index (κ3) is 4.09. The topological polar surface area (TPSA) is 71.5 Å². The van der Waals surface area contributed by atoms with Gasteiger partial charge in [0.05, 0.1) is 4.88 Å². The second-order valence-corrected chi connectivity index (χ2v) is 6.84. The number of thiazole rings is 1. The van der Waals surface area contributed by atoms with Crippen molar-refractivity contribution < 1.29 is 14.6 Å². The van der Waals surface area contributed by atoms with Crippen molar-refractivity contribution in [2.24, 2.45) is 0 Å². The molecule has 0 spiro atoms. The van der Waals surface area contributed by atoms with Crippen molar-refractivity contribution in [2.75, 3.05) is 5.32 Å². The van der Waals surface area contributed by atoms with Crippen LogP contribution in [0.5, 0.6) is 0 Å². The van der Waals surface area contributed by atoms with Crippen LogP contribution in [0.4, 0.5) is 9.93 Å². The van der Waals surface area contributed by atoms with E-state index < -0.39 is 11.7 Å². The standard InChI is InChI=1S/C17H20N2O3S/c20-16(22-12-13-7-3-1-4-8-13)19-15-18-11-14(23-15)17(21)9-5-2-6-10-17/h1,3-4,7-8,11,21H,2,5-6,9-10,12H2,(H,18,19,20). The summed E-state index contributed by atoms with van der Waals surface area (Å²) in [5.74, 6) is 0. The van der Waals surface area contributed by atoms with Gasteiger partial charge in [0.1, 0.15) is 12.2 Å². The number of aromatic nitrogens is 1. The van der Waals surface area contributed by atoms with Gasteiger partial charge in [-0.25, -0.2) is 9.78 Å². The van der Waals surface area contributed by atoms with Crippen LogP contribution in [0.1, 0.15) is 42.5 Å². The predicted molar refractivity (Wildman–Crippen MR) is 89.3 cm³/mol. The van der Waals surface area contributed by atoms with Gasteiger partial charge >= 0.3 is 6.09 Å². The number of carbonyl (C=O) groups excluding carboxylic acids is 1. The third-order valence-corrected chi connectivity index (χ3v) is 5.17. The van der Waals surface area contributed by atoms with E-state index in [4.69, 9.17) is 4.74 Å². The highest BCUT2D eigenvalue weighted by atomic mass is 32.1. The quantitative estimate of drug-likeness (QED) is 0.886. The Bertz CT molecular complexity index is 651. The van der Waals surface area contributed by atoms with Gasteiger partial charge in [0, 0.05) is 6.20 Å². The van der Waals surface area contributed by atoms with Crippen LogP contribution in [-0.2, 0) is 16.9 Å². The lowest BCUT2D eigenvalue weighted by Gasteiger charge is -2.30. The number of hydrogen-bond donors (Lipinski definition) is 2. The lowest BCUT2D eigenvalue weighted by atomic mass is 9.84. The van der Waals surface area contributed by atoms with E-state index in [1.54, 1.807) is 6.20 Å². The van der Waals surface area contributed by atoms with Gasteiger partial charge in [-0.3, -0.25) is 5.32 Å². The number of nitrogens with one attached hydrogen (secondary N) is 1. The summed E-state index contributed by atoms with van der Waals surface area (Å²) in [6.45, 7) is 0.217. The fourth-order valence-electron chi connectivity index (χ4n) is 2.78. The Morgan fingerprint density at radius 2 is 2.00 bits per heavy atom. The average Bonchev–Trinajstić information content (AvgIpc) is 3.04. The van der Waals surface area contributed by atoms with E-state index in [0.717, 1.165) is 42.5 Å². The van der Waals surface area contributed by atoms with E-state index >= 15 is 0 Å². The first-order valence-electron chi connectivity index (χ1n) is 7.82. The van der Waals surface area contributed by atoms with Crippen LogP contribution in [0.25, 0.3) is 0 Å². The number of anilines is 1. The first kappa shape index (κ1) is 16.0. The highest BCUT2D eigenvalue weighted by molar-refractivity contribution is 7.15. The Hall–Kier alpha value is -1.92. The van der Waals surface area contributed by atoms with Crippen molar-refractivity contribution in [1.82, 2.24) is 4.98 Å². The fraction of sp³-hybridized carbons (Fsp3) is 0.412. The molecule has 122 valence electrons. The van der Waals surface area contributed by atoms with Crippen LogP contribution in [-0.4, -0.2) is 16.2 Å². The van der Waals surface area contributed by atoms with Gasteiger partial charge in [0.15, 0.2) is 5.13 Å². The molecule has 5 nitrogen and oxygen atoms in total. The zero-order chi connectivity index (χ0) is 16.1. The number of rotatable bonds is 4. The Morgan fingerprint density at radius 3 is 2.74 bits per heavy atom. The highest BCUT2D eigenvalue weighted by Crippen LogP contribution is 2.40. The molecule has 0 aliphatic heterocycles. The maximum absolute atomic E-state index is 11.8. The molecule has 1 saturated carbocycles. The van der Waals surface area contributed by atoms with E-state index in [9.17, 15) is 9.90 Å². The molecule has 0 bridgehead atoms. The van der Waals surface area contributed by atoms with Gasteiger partial charge in [-0.15, -0.1) is 0 Å². The van der Waals surface area contributed by atoms with Gasteiger partial charge in [-0.05, 0) is 18.4 Å². The van der Waals surface area contributed by atoms with Crippen LogP contribution in [0.2, 0.25) is 0 Å². The minimum absolute atomic E-state index is 0.217. The molecule has 1 aliphatic carbocycles. The lowest BCUT2D eigenvalue weighted by Crippen LogP contribution is -2.27. The van der Waals surface area contributed by atoms with Gasteiger partial charge in [-0.1, -0.05) is 60.9 Å². The van der Waals surface area contributed by atoms with E-state index in [1.807, 2.05) is 30.3 Å². The average molecular weight is 332 g/mol. The number of hydrogen-bond acceptors (Lipinski definition) is 5. The number of ether oxygens (including phenoxy) is 1. The van der Waals surface area contributed by atoms with E-state index in [1.165, 1.54) is 11.3 Å². The van der Waals surface area contributed by atoms with E-state index in [-0.39, 0.29) is 6.61 Å². The maximum atomic E-state index is 11.8. The Labute approximate surface area is 139 Å². The summed E-state index contributed by atoms with van der Waals surface area (Å²) in [7, 11) is 0. The molecule has 0 unspecified atom stereocenters. The smallest absolute Gasteiger partial charge is 0.413 e. The van der Waals surface area contributed by atoms with Crippen LogP contribution >= 0.6 is 11.3 Å². The number of nitrogens with zero attached hydrogens (tertiary/aromatic N) is 1. The summed E-state index contributed by atoms with van der Waals surface area (Å²) in [6.07, 6.45) is 5.85. The fourth-order valence-corrected chi connectivity index (χ4v) is 3.72. The molecule has 6 heteroatoms. The second-order valence-electron chi connectivity index (χ2n) is 5.81. The molecule has 1 fully saturated rings. The van der Waals surface area contributed by atoms with Gasteiger partial charge < -0.3 is 9.84 Å². The number of benzene rings is 1. The monoisotopic (exact) mass is 332 g/mol. The van der Waals surface area contributed by atoms with Crippen molar-refractivity contribution >= 4 is 22.6 Å². The first-order valence-corrected chi connectivity index (χ1v) is 8.64. The zero-order valence-corrected chi connectivity index (χ0v) is 13.6. The van der Waals surface area contributed by atoms with Gasteiger partial charge in [-0.2, -0.15) is 0 Å². The van der Waals surface area contributed by atoms with Crippen LogP contribution < -0.4 is 5.32 Å². The van der Waals surface area contributed by atoms with Gasteiger partial charge in [0.2, 0.25) is 0 Å². The Morgan fingerprint density at radius 1 is 1.26 bits per heavy atom. The summed E-state index contributed by atoms with van der Waals surface area (Å²) in [4.78, 5) is 16.8. The summed E-state index contributed by atoms with van der Waals surface area (Å²) >= 11 is 1.32. The van der Waals surface area contributed by atoms with Crippen molar-refractivity contribution in [3.63, 3.8) is 0 Å². The summed E-state index contributed by atoms with van der Waals surface area (Å²) in [6, 6.07) is 9.50. The number of amides is 1. The Kier molecular flexibility index (Phi) is 4.93. The summed E-state index contributed by atoms with van der Waals surface area (Å²) in [5, 5.41) is 13.7. The second kappa shape index (κ2) is 7.10. The molecular weight excluding hydrogens is 312 g/mol. The normalized spacial score (nSPS) is 16.7. The SMILES string of the molecule is O=C(Nc1ncc(C2(O)CCCCC2)s1)OCc1ccccc1. The van der Waals surface area contributed by atoms with Crippen molar-refractivity contribution in [3.05, 3.63) is 47.0 Å². The number of aliphatic hydroxyl groups is 1. The molecule has 0 radical (unpaired) electrons. The van der Waals surface area contributed by atoms with E-state index in [2.05, 4.69) is 10.3 Å². The molecule has 1 aliphatic rings. The summed E-state index contributed by atoms with van der Waals surface area (Å²) < 4.78 is 5.17. The molecule has 3 rings (SSSR count). The zero-order valence-electron chi connectivity index (χ0n) is 12.8. The van der Waals surface area contributed by atoms with Crippen molar-refractivity contribution in [3.8, 4) is 0 Å². The molecule has 23 heavy (non-hydrogen) atoms. The van der Waals surface area contributed by atoms with E-state index in [0.29, 0.717) is 5.13 Å². The van der Waals surface area contributed by atoms with Crippen LogP contribution in [0, 0.1) is 0 Å². The van der Waals surface area contributed by atoms with Crippen LogP contribution in [0.3, 0.4) is 0 Å². The molecule has 2 aromatic rings. The lowest BCUT2D eigenvalue weighted by molar-refractivity contribution is 0.00264. The first-order chi connectivity index (χ1) is 11.2. The van der Waals surface area contributed by atoms with Crippen molar-refractivity contribution in [1.29, 1.82) is 0 Å². The third-order valence-electron chi connectivity index (χ3n) is 4.07. The molecule has 1 aromatic heterocycles. The molecule has 1 amide bonds. The van der Waals surface area contributed by atoms with Crippen molar-refractivity contribution in [2.45, 2.75) is 44.3 Å². The molecule has 0 atom stereocenters. The van der Waals surface area contributed by atoms with Gasteiger partial charge in [0.25, 0.3) is 0 Å². The number of carbonyl (C=O) groups is 1. The molecular formula is C17H20N2O3S. The summed E-state index contributed by atoms with van der Waals surface area (Å²) in [5.41, 5.74) is 0.142. The Balaban J connectivity index is 1.55. The minimum Gasteiger partial charge on any atom is -0.444 e. The molecule has 0 saturated heterocycles. The largest absolute Gasteiger partial charge is 0.444 e. The predicted octanol–water partition coefficient (Wildman–Crippen LogP) is 4.04. The maximum Gasteiger partial charge on any atom is 0.413 e. The van der Waals surface area contributed by atoms with Crippen LogP contribution in [0.15, 0.2) is 36.5 Å². The molecule has 1 aromatic carbocycles. The highest BCUT2D eigenvalue weighted by Gasteiger charge is 2.33. The molecule has 1 heterocycles. The molecule has 2 N–H and O–H groups in total.